The van der Waals surface area contributed by atoms with Crippen LogP contribution >= 0.6 is 0 Å². The van der Waals surface area contributed by atoms with Crippen LogP contribution in [0, 0.1) is 6.92 Å². The van der Waals surface area contributed by atoms with Crippen molar-refractivity contribution in [2.45, 2.75) is 6.92 Å². The monoisotopic (exact) mass is 356 g/mol. The van der Waals surface area contributed by atoms with E-state index in [-0.39, 0.29) is 24.1 Å². The second kappa shape index (κ2) is 6.16. The van der Waals surface area contributed by atoms with Crippen molar-refractivity contribution in [3.8, 4) is 17.3 Å². The molecule has 0 fully saturated rings. The highest BCUT2D eigenvalue weighted by Gasteiger charge is 2.21. The predicted octanol–water partition coefficient (Wildman–Crippen LogP) is 0.0335. The average molecular weight is 356 g/mol. The van der Waals surface area contributed by atoms with E-state index in [2.05, 4.69) is 35.8 Å². The summed E-state index contributed by atoms with van der Waals surface area (Å²) in [6.07, 6.45) is 1.45. The third-order valence-electron chi connectivity index (χ3n) is 3.60. The first-order valence-electron chi connectivity index (χ1n) is 7.38. The zero-order valence-corrected chi connectivity index (χ0v) is 13.4. The van der Waals surface area contributed by atoms with Gasteiger partial charge in [0.25, 0.3) is 5.91 Å². The number of nitrogens with one attached hydrogen (secondary N) is 1. The van der Waals surface area contributed by atoms with E-state index in [0.29, 0.717) is 22.8 Å². The maximum absolute atomic E-state index is 12.3. The number of para-hydroxylation sites is 1. The fourth-order valence-corrected chi connectivity index (χ4v) is 2.35. The van der Waals surface area contributed by atoms with Gasteiger partial charge in [0.05, 0.1) is 11.9 Å². The maximum atomic E-state index is 12.3. The minimum Gasteiger partial charge on any atom is -0.454 e. The molecule has 0 aliphatic carbocycles. The van der Waals surface area contributed by atoms with Gasteiger partial charge in [0.2, 0.25) is 18.4 Å². The molecule has 0 bridgehead atoms. The van der Waals surface area contributed by atoms with Gasteiger partial charge in [-0.3, -0.25) is 4.79 Å². The molecule has 2 aromatic heterocycles. The van der Waals surface area contributed by atoms with Crippen LogP contribution in [0.4, 0.5) is 5.82 Å². The molecule has 132 valence electrons. The summed E-state index contributed by atoms with van der Waals surface area (Å²) in [5.41, 5.74) is 9.12. The van der Waals surface area contributed by atoms with Crippen LogP contribution in [0.15, 0.2) is 27.9 Å². The van der Waals surface area contributed by atoms with Crippen molar-refractivity contribution in [3.63, 3.8) is 0 Å². The van der Waals surface area contributed by atoms with Gasteiger partial charge in [-0.05, 0) is 29.4 Å². The first kappa shape index (κ1) is 15.6. The van der Waals surface area contributed by atoms with Crippen LogP contribution in [0.25, 0.3) is 5.82 Å². The topological polar surface area (TPSA) is 156 Å². The molecule has 1 amide bonds. The van der Waals surface area contributed by atoms with E-state index in [0.717, 1.165) is 0 Å². The predicted molar refractivity (Wildman–Crippen MR) is 86.0 cm³/mol. The molecule has 1 aliphatic rings. The van der Waals surface area contributed by atoms with Crippen LogP contribution in [0.5, 0.6) is 11.5 Å². The molecule has 3 heterocycles. The van der Waals surface area contributed by atoms with Gasteiger partial charge in [-0.15, -0.1) is 5.10 Å². The number of amides is 1. The Labute approximate surface area is 145 Å². The van der Waals surface area contributed by atoms with Crippen molar-refractivity contribution in [2.75, 3.05) is 12.5 Å². The molecule has 3 N–H and O–H groups in total. The number of carbonyl (C=O) groups excluding carboxylic acids is 1. The summed E-state index contributed by atoms with van der Waals surface area (Å²) >= 11 is 0. The Bertz CT molecular complexity index is 1010. The number of hydrogen-bond acceptors (Lipinski definition) is 10. The summed E-state index contributed by atoms with van der Waals surface area (Å²) in [7, 11) is 0. The third-order valence-corrected chi connectivity index (χ3v) is 3.60. The molecule has 0 spiro atoms. The number of fused-ring (bicyclic) bond motifs is 1. The lowest BCUT2D eigenvalue weighted by Gasteiger charge is -2.01. The molecule has 0 saturated carbocycles. The lowest BCUT2D eigenvalue weighted by Crippen LogP contribution is -2.19. The van der Waals surface area contributed by atoms with E-state index in [9.17, 15) is 4.79 Å². The molecular formula is C14H12N8O4. The van der Waals surface area contributed by atoms with Crippen LogP contribution in [0.2, 0.25) is 0 Å². The first-order chi connectivity index (χ1) is 12.6. The van der Waals surface area contributed by atoms with Crippen molar-refractivity contribution < 1.29 is 18.9 Å². The molecule has 0 saturated heterocycles. The zero-order valence-electron chi connectivity index (χ0n) is 13.4. The first-order valence-corrected chi connectivity index (χ1v) is 7.38. The number of rotatable bonds is 4. The number of nitrogens with zero attached hydrogens (tertiary/aromatic N) is 6. The summed E-state index contributed by atoms with van der Waals surface area (Å²) in [5.74, 6) is 0.821. The summed E-state index contributed by atoms with van der Waals surface area (Å²) < 4.78 is 16.4. The Morgan fingerprint density at radius 1 is 1.38 bits per heavy atom. The molecule has 12 nitrogen and oxygen atoms in total. The maximum Gasteiger partial charge on any atom is 0.293 e. The highest BCUT2D eigenvalue weighted by Crippen LogP contribution is 2.34. The SMILES string of the molecule is Cc1c(C(=O)N/N=C/c2cccc3c2OCO3)nnn1-c1nonc1N. The Kier molecular flexibility index (Phi) is 3.69. The molecule has 26 heavy (non-hydrogen) atoms. The summed E-state index contributed by atoms with van der Waals surface area (Å²) in [5, 5.41) is 18.6. The number of carbonyl (C=O) groups is 1. The van der Waals surface area contributed by atoms with Gasteiger partial charge in [0.1, 0.15) is 0 Å². The van der Waals surface area contributed by atoms with Crippen molar-refractivity contribution in [3.05, 3.63) is 35.2 Å². The summed E-state index contributed by atoms with van der Waals surface area (Å²) in [6.45, 7) is 1.77. The van der Waals surface area contributed by atoms with Crippen molar-refractivity contribution >= 4 is 17.9 Å². The van der Waals surface area contributed by atoms with Crippen LogP contribution in [0.3, 0.4) is 0 Å². The van der Waals surface area contributed by atoms with Crippen molar-refractivity contribution in [1.82, 2.24) is 30.7 Å². The Morgan fingerprint density at radius 2 is 2.27 bits per heavy atom. The fraction of sp³-hybridized carbons (Fsp3) is 0.143. The molecule has 1 aliphatic heterocycles. The normalized spacial score (nSPS) is 12.7. The van der Waals surface area contributed by atoms with E-state index < -0.39 is 5.91 Å². The number of anilines is 1. The second-order valence-corrected chi connectivity index (χ2v) is 5.19. The summed E-state index contributed by atoms with van der Waals surface area (Å²) in [6, 6.07) is 5.36. The van der Waals surface area contributed by atoms with Gasteiger partial charge < -0.3 is 15.2 Å². The Hall–Kier alpha value is -3.96. The molecule has 0 unspecified atom stereocenters. The minimum atomic E-state index is -0.551. The average Bonchev–Trinajstić information content (AvgIpc) is 3.34. The minimum absolute atomic E-state index is 0.0307. The van der Waals surface area contributed by atoms with E-state index in [1.54, 1.807) is 25.1 Å². The number of nitrogens with two attached hydrogens (primary N) is 1. The number of ether oxygens (including phenoxy) is 2. The van der Waals surface area contributed by atoms with Gasteiger partial charge in [-0.2, -0.15) is 9.78 Å². The number of aromatic nitrogens is 5. The van der Waals surface area contributed by atoms with Crippen LogP contribution < -0.4 is 20.6 Å². The summed E-state index contributed by atoms with van der Waals surface area (Å²) in [4.78, 5) is 12.3. The zero-order chi connectivity index (χ0) is 18.1. The number of benzene rings is 1. The number of nitrogen functional groups attached to an aromatic ring is 1. The van der Waals surface area contributed by atoms with E-state index in [4.69, 9.17) is 15.2 Å². The van der Waals surface area contributed by atoms with Crippen LogP contribution in [0.1, 0.15) is 21.7 Å². The highest BCUT2D eigenvalue weighted by atomic mass is 16.7. The standard InChI is InChI=1S/C14H12N8O4/c1-7-10(17-21-22(7)13-12(15)19-26-20-13)14(23)18-16-5-8-3-2-4-9-11(8)25-6-24-9/h2-5H,6H2,1H3,(H2,15,19)(H,18,23)/b16-5+. The number of hydrazone groups is 1. The van der Waals surface area contributed by atoms with E-state index >= 15 is 0 Å². The quantitative estimate of drug-likeness (QED) is 0.486. The molecular weight excluding hydrogens is 344 g/mol. The van der Waals surface area contributed by atoms with E-state index in [1.807, 2.05) is 0 Å². The van der Waals surface area contributed by atoms with Crippen molar-refractivity contribution in [1.29, 1.82) is 0 Å². The van der Waals surface area contributed by atoms with Gasteiger partial charge in [0.15, 0.2) is 17.2 Å². The Morgan fingerprint density at radius 3 is 3.08 bits per heavy atom. The highest BCUT2D eigenvalue weighted by molar-refractivity contribution is 5.94. The molecule has 0 atom stereocenters. The Balaban J connectivity index is 1.50. The molecule has 0 radical (unpaired) electrons. The lowest BCUT2D eigenvalue weighted by atomic mass is 10.2. The molecule has 4 rings (SSSR count). The lowest BCUT2D eigenvalue weighted by molar-refractivity contribution is 0.0949. The van der Waals surface area contributed by atoms with Gasteiger partial charge in [-0.1, -0.05) is 11.3 Å². The van der Waals surface area contributed by atoms with Gasteiger partial charge in [0, 0.05) is 5.56 Å². The van der Waals surface area contributed by atoms with E-state index in [1.165, 1.54) is 10.9 Å². The smallest absolute Gasteiger partial charge is 0.293 e. The number of hydrogen-bond donors (Lipinski definition) is 2. The van der Waals surface area contributed by atoms with Crippen molar-refractivity contribution in [2.24, 2.45) is 5.10 Å². The third kappa shape index (κ3) is 2.58. The van der Waals surface area contributed by atoms with Gasteiger partial charge >= 0.3 is 0 Å². The molecule has 1 aromatic carbocycles. The molecule has 12 heteroatoms. The fourth-order valence-electron chi connectivity index (χ4n) is 2.35. The van der Waals surface area contributed by atoms with Crippen LogP contribution in [-0.4, -0.2) is 44.2 Å². The molecule has 3 aromatic rings. The largest absolute Gasteiger partial charge is 0.454 e. The van der Waals surface area contributed by atoms with Crippen LogP contribution in [-0.2, 0) is 0 Å². The van der Waals surface area contributed by atoms with Gasteiger partial charge in [-0.25, -0.2) is 10.1 Å². The second-order valence-electron chi connectivity index (χ2n) is 5.19.